The first kappa shape index (κ1) is 11.7. The van der Waals surface area contributed by atoms with Gasteiger partial charge in [0.05, 0.1) is 11.3 Å². The van der Waals surface area contributed by atoms with Crippen molar-refractivity contribution in [2.24, 2.45) is 0 Å². The molecule has 94 valence electrons. The fourth-order valence-corrected chi connectivity index (χ4v) is 1.95. The van der Waals surface area contributed by atoms with Crippen LogP contribution >= 0.6 is 11.6 Å². The molecule has 5 nitrogen and oxygen atoms in total. The molecule has 2 N–H and O–H groups in total. The van der Waals surface area contributed by atoms with E-state index in [9.17, 15) is 4.79 Å². The lowest BCUT2D eigenvalue weighted by molar-refractivity contribution is 0.0941. The van der Waals surface area contributed by atoms with Crippen LogP contribution in [0.2, 0.25) is 5.02 Å². The van der Waals surface area contributed by atoms with E-state index in [4.69, 9.17) is 11.6 Å². The zero-order valence-corrected chi connectivity index (χ0v) is 10.5. The van der Waals surface area contributed by atoms with Crippen molar-refractivity contribution in [1.82, 2.24) is 20.8 Å². The van der Waals surface area contributed by atoms with Crippen LogP contribution in [-0.4, -0.2) is 15.9 Å². The third kappa shape index (κ3) is 2.28. The number of benzene rings is 1. The van der Waals surface area contributed by atoms with E-state index in [0.29, 0.717) is 22.1 Å². The Balaban J connectivity index is 2.10. The van der Waals surface area contributed by atoms with E-state index in [1.165, 1.54) is 6.20 Å². The second-order valence-corrected chi connectivity index (χ2v) is 4.37. The highest BCUT2D eigenvalue weighted by atomic mass is 35.5. The van der Waals surface area contributed by atoms with Crippen LogP contribution < -0.4 is 10.9 Å². The highest BCUT2D eigenvalue weighted by molar-refractivity contribution is 6.30. The average Bonchev–Trinajstić information content (AvgIpc) is 2.60. The van der Waals surface area contributed by atoms with E-state index in [-0.39, 0.29) is 5.91 Å². The van der Waals surface area contributed by atoms with Gasteiger partial charge < -0.3 is 5.43 Å². The molecule has 1 aromatic carbocycles. The Labute approximate surface area is 114 Å². The van der Waals surface area contributed by atoms with Crippen molar-refractivity contribution < 1.29 is 4.79 Å². The molecule has 0 radical (unpaired) electrons. The molecule has 0 fully saturated rings. The molecule has 1 aliphatic heterocycles. The second-order valence-electron chi connectivity index (χ2n) is 3.93. The largest absolute Gasteiger partial charge is 0.306 e. The lowest BCUT2D eigenvalue weighted by atomic mass is 10.1. The Kier molecular flexibility index (Phi) is 2.89. The maximum absolute atomic E-state index is 11.7. The quantitative estimate of drug-likeness (QED) is 0.833. The van der Waals surface area contributed by atoms with Crippen molar-refractivity contribution in [2.45, 2.75) is 0 Å². The Hall–Kier alpha value is -2.40. The maximum atomic E-state index is 11.7. The number of halogens is 1. The van der Waals surface area contributed by atoms with Gasteiger partial charge in [-0.3, -0.25) is 10.2 Å². The number of carbonyl (C=O) groups excluding carboxylic acids is 1. The number of nitrogens with zero attached hydrogens (tertiary/aromatic N) is 2. The molecule has 2 heterocycles. The van der Waals surface area contributed by atoms with Crippen molar-refractivity contribution in [3.05, 3.63) is 52.9 Å². The first-order valence-corrected chi connectivity index (χ1v) is 5.97. The van der Waals surface area contributed by atoms with Crippen LogP contribution in [0.4, 0.5) is 0 Å². The number of hydrazine groups is 1. The molecule has 0 unspecified atom stereocenters. The summed E-state index contributed by atoms with van der Waals surface area (Å²) in [6, 6.07) is 7.26. The lowest BCUT2D eigenvalue weighted by Gasteiger charge is -2.05. The van der Waals surface area contributed by atoms with Crippen LogP contribution in [0.1, 0.15) is 16.1 Å². The average molecular weight is 273 g/mol. The van der Waals surface area contributed by atoms with Gasteiger partial charge in [0.15, 0.2) is 5.82 Å². The van der Waals surface area contributed by atoms with Gasteiger partial charge in [0.25, 0.3) is 5.91 Å². The Morgan fingerprint density at radius 3 is 3.00 bits per heavy atom. The Morgan fingerprint density at radius 2 is 2.16 bits per heavy atom. The topological polar surface area (TPSA) is 66.9 Å². The summed E-state index contributed by atoms with van der Waals surface area (Å²) in [7, 11) is 0. The van der Waals surface area contributed by atoms with Gasteiger partial charge in [0, 0.05) is 23.0 Å². The number of hydrogen-bond acceptors (Lipinski definition) is 4. The van der Waals surface area contributed by atoms with Crippen molar-refractivity contribution in [3.63, 3.8) is 0 Å². The zero-order valence-electron chi connectivity index (χ0n) is 9.72. The van der Waals surface area contributed by atoms with Crippen LogP contribution in [0.25, 0.3) is 17.5 Å². The SMILES string of the molecule is O=C1NNC=Cc2nc(-c3cccc(Cl)c3)ncc21. The van der Waals surface area contributed by atoms with Crippen molar-refractivity contribution in [2.75, 3.05) is 0 Å². The Bertz CT molecular complexity index is 684. The summed E-state index contributed by atoms with van der Waals surface area (Å²) in [6.45, 7) is 0. The van der Waals surface area contributed by atoms with E-state index in [0.717, 1.165) is 5.56 Å². The van der Waals surface area contributed by atoms with Gasteiger partial charge in [0.2, 0.25) is 0 Å². The minimum Gasteiger partial charge on any atom is -0.306 e. The third-order valence-electron chi connectivity index (χ3n) is 2.66. The van der Waals surface area contributed by atoms with Gasteiger partial charge in [0.1, 0.15) is 0 Å². The van der Waals surface area contributed by atoms with Gasteiger partial charge in [-0.05, 0) is 18.2 Å². The predicted molar refractivity (Wildman–Crippen MR) is 72.1 cm³/mol. The van der Waals surface area contributed by atoms with Gasteiger partial charge in [-0.2, -0.15) is 0 Å². The molecule has 1 aromatic heterocycles. The predicted octanol–water partition coefficient (Wildman–Crippen LogP) is 2.02. The number of nitrogens with one attached hydrogen (secondary N) is 2. The summed E-state index contributed by atoms with van der Waals surface area (Å²) >= 11 is 5.94. The molecule has 19 heavy (non-hydrogen) atoms. The zero-order chi connectivity index (χ0) is 13.2. The maximum Gasteiger partial charge on any atom is 0.273 e. The minimum atomic E-state index is -0.266. The summed E-state index contributed by atoms with van der Waals surface area (Å²) in [5.74, 6) is 0.262. The number of amides is 1. The molecule has 1 aliphatic rings. The molecule has 0 atom stereocenters. The molecule has 6 heteroatoms. The summed E-state index contributed by atoms with van der Waals surface area (Å²) < 4.78 is 0. The minimum absolute atomic E-state index is 0.266. The number of fused-ring (bicyclic) bond motifs is 1. The summed E-state index contributed by atoms with van der Waals surface area (Å²) in [5, 5.41) is 0.617. The van der Waals surface area contributed by atoms with Crippen LogP contribution in [-0.2, 0) is 0 Å². The van der Waals surface area contributed by atoms with E-state index in [1.54, 1.807) is 24.4 Å². The van der Waals surface area contributed by atoms with E-state index in [2.05, 4.69) is 20.8 Å². The molecule has 1 amide bonds. The highest BCUT2D eigenvalue weighted by Crippen LogP contribution is 2.21. The number of carbonyl (C=O) groups is 1. The normalized spacial score (nSPS) is 13.2. The number of aromatic nitrogens is 2. The molecular weight excluding hydrogens is 264 g/mol. The van der Waals surface area contributed by atoms with E-state index in [1.807, 2.05) is 12.1 Å². The molecule has 0 saturated carbocycles. The smallest absolute Gasteiger partial charge is 0.273 e. The van der Waals surface area contributed by atoms with Gasteiger partial charge in [-0.15, -0.1) is 0 Å². The molecule has 0 saturated heterocycles. The highest BCUT2D eigenvalue weighted by Gasteiger charge is 2.15. The van der Waals surface area contributed by atoms with Crippen LogP contribution in [0.15, 0.2) is 36.7 Å². The lowest BCUT2D eigenvalue weighted by Crippen LogP contribution is -2.32. The van der Waals surface area contributed by atoms with Crippen molar-refractivity contribution >= 4 is 23.6 Å². The van der Waals surface area contributed by atoms with E-state index < -0.39 is 0 Å². The fourth-order valence-electron chi connectivity index (χ4n) is 1.76. The standard InChI is InChI=1S/C13H9ClN4O/c14-9-3-1-2-8(6-9)12-15-7-10-11(17-12)4-5-16-18-13(10)19/h1-7,16H,(H,18,19). The summed E-state index contributed by atoms with van der Waals surface area (Å²) in [4.78, 5) is 20.3. The molecule has 0 spiro atoms. The third-order valence-corrected chi connectivity index (χ3v) is 2.89. The summed E-state index contributed by atoms with van der Waals surface area (Å²) in [5.41, 5.74) is 6.93. The number of rotatable bonds is 1. The molecule has 3 rings (SSSR count). The van der Waals surface area contributed by atoms with Crippen molar-refractivity contribution in [1.29, 1.82) is 0 Å². The van der Waals surface area contributed by atoms with Crippen LogP contribution in [0.3, 0.4) is 0 Å². The van der Waals surface area contributed by atoms with Gasteiger partial charge in [-0.25, -0.2) is 9.97 Å². The second kappa shape index (κ2) is 4.70. The fraction of sp³-hybridized carbons (Fsp3) is 0. The van der Waals surface area contributed by atoms with Gasteiger partial charge in [-0.1, -0.05) is 23.7 Å². The summed E-state index contributed by atoms with van der Waals surface area (Å²) in [6.07, 6.45) is 4.83. The number of hydrogen-bond donors (Lipinski definition) is 2. The van der Waals surface area contributed by atoms with Gasteiger partial charge >= 0.3 is 0 Å². The molecule has 0 aliphatic carbocycles. The first-order valence-electron chi connectivity index (χ1n) is 5.59. The molecule has 2 aromatic rings. The van der Waals surface area contributed by atoms with Crippen molar-refractivity contribution in [3.8, 4) is 11.4 Å². The van der Waals surface area contributed by atoms with E-state index >= 15 is 0 Å². The molecule has 0 bridgehead atoms. The Morgan fingerprint density at radius 1 is 1.26 bits per heavy atom. The first-order chi connectivity index (χ1) is 9.24. The molecular formula is C13H9ClN4O. The van der Waals surface area contributed by atoms with Crippen LogP contribution in [0, 0.1) is 0 Å². The van der Waals surface area contributed by atoms with Crippen LogP contribution in [0.5, 0.6) is 0 Å². The monoisotopic (exact) mass is 272 g/mol.